The number of fused-ring (bicyclic) bond motifs is 2. The number of hydrogen-bond donors (Lipinski definition) is 2. The number of amides is 3. The summed E-state index contributed by atoms with van der Waals surface area (Å²) in [6.07, 6.45) is 3.37. The Balaban J connectivity index is 1.50. The van der Waals surface area contributed by atoms with Crippen molar-refractivity contribution in [3.05, 3.63) is 24.3 Å². The normalized spacial score (nSPS) is 23.3. The Morgan fingerprint density at radius 2 is 1.88 bits per heavy atom. The van der Waals surface area contributed by atoms with E-state index in [1.807, 2.05) is 0 Å². The van der Waals surface area contributed by atoms with Crippen LogP contribution in [0, 0.1) is 0 Å². The fourth-order valence-corrected chi connectivity index (χ4v) is 3.96. The van der Waals surface area contributed by atoms with Gasteiger partial charge in [0.2, 0.25) is 5.91 Å². The zero-order valence-electron chi connectivity index (χ0n) is 15.5. The van der Waals surface area contributed by atoms with Crippen LogP contribution in [0.5, 0.6) is 5.75 Å². The summed E-state index contributed by atoms with van der Waals surface area (Å²) in [5.41, 5.74) is 0.615. The number of rotatable bonds is 5. The maximum Gasteiger partial charge on any atom is 0.325 e. The molecule has 0 saturated carbocycles. The standard InChI is InChI=1S/C19H28N4O3/c1-3-22-11-10-15-6-7-16(12-22)23(15)13-18(24)21-19(25)20-14-4-8-17(26-2)9-5-14/h4-5,8-9,15-16H,3,6-7,10-13H2,1-2H3,(H2,20,21,24,25). The van der Waals surface area contributed by atoms with E-state index in [9.17, 15) is 9.59 Å². The molecule has 2 heterocycles. The van der Waals surface area contributed by atoms with Gasteiger partial charge in [0, 0.05) is 24.3 Å². The molecule has 2 bridgehead atoms. The highest BCUT2D eigenvalue weighted by Crippen LogP contribution is 2.29. The van der Waals surface area contributed by atoms with Gasteiger partial charge in [-0.25, -0.2) is 4.79 Å². The maximum absolute atomic E-state index is 12.3. The lowest BCUT2D eigenvalue weighted by atomic mass is 10.1. The van der Waals surface area contributed by atoms with Gasteiger partial charge in [0.05, 0.1) is 13.7 Å². The van der Waals surface area contributed by atoms with Gasteiger partial charge in [0.15, 0.2) is 0 Å². The fraction of sp³-hybridized carbons (Fsp3) is 0.579. The number of carbonyl (C=O) groups is 2. The predicted molar refractivity (Wildman–Crippen MR) is 100 cm³/mol. The fourth-order valence-electron chi connectivity index (χ4n) is 3.96. The smallest absolute Gasteiger partial charge is 0.325 e. The Morgan fingerprint density at radius 1 is 1.15 bits per heavy atom. The molecule has 26 heavy (non-hydrogen) atoms. The second kappa shape index (κ2) is 8.51. The van der Waals surface area contributed by atoms with E-state index in [4.69, 9.17) is 4.74 Å². The zero-order valence-corrected chi connectivity index (χ0v) is 15.5. The number of anilines is 1. The van der Waals surface area contributed by atoms with Crippen LogP contribution in [-0.4, -0.2) is 67.1 Å². The number of nitrogens with one attached hydrogen (secondary N) is 2. The molecule has 2 atom stereocenters. The second-order valence-electron chi connectivity index (χ2n) is 6.97. The molecule has 0 spiro atoms. The van der Waals surface area contributed by atoms with E-state index in [1.54, 1.807) is 31.4 Å². The summed E-state index contributed by atoms with van der Waals surface area (Å²) in [6, 6.07) is 7.34. The van der Waals surface area contributed by atoms with Crippen LogP contribution in [0.15, 0.2) is 24.3 Å². The number of benzene rings is 1. The van der Waals surface area contributed by atoms with Gasteiger partial charge < -0.3 is 15.0 Å². The summed E-state index contributed by atoms with van der Waals surface area (Å²) in [7, 11) is 1.59. The third-order valence-electron chi connectivity index (χ3n) is 5.39. The molecule has 2 aliphatic rings. The van der Waals surface area contributed by atoms with E-state index < -0.39 is 6.03 Å². The summed E-state index contributed by atoms with van der Waals surface area (Å²) in [6.45, 7) is 5.61. The van der Waals surface area contributed by atoms with E-state index >= 15 is 0 Å². The SMILES string of the molecule is CCN1CCC2CCC(C1)N2CC(=O)NC(=O)Nc1ccc(OC)cc1. The third kappa shape index (κ3) is 4.53. The molecule has 2 fully saturated rings. The monoisotopic (exact) mass is 360 g/mol. The van der Waals surface area contributed by atoms with E-state index in [1.165, 1.54) is 0 Å². The average molecular weight is 360 g/mol. The van der Waals surface area contributed by atoms with Crippen LogP contribution in [0.3, 0.4) is 0 Å². The molecule has 2 aliphatic heterocycles. The third-order valence-corrected chi connectivity index (χ3v) is 5.39. The molecule has 2 N–H and O–H groups in total. The predicted octanol–water partition coefficient (Wildman–Crippen LogP) is 1.90. The van der Waals surface area contributed by atoms with Gasteiger partial charge in [-0.1, -0.05) is 6.92 Å². The number of urea groups is 1. The van der Waals surface area contributed by atoms with Gasteiger partial charge in [0.25, 0.3) is 0 Å². The van der Waals surface area contributed by atoms with Crippen LogP contribution >= 0.6 is 0 Å². The molecule has 3 amide bonds. The molecule has 3 rings (SSSR count). The number of nitrogens with zero attached hydrogens (tertiary/aromatic N) is 2. The van der Waals surface area contributed by atoms with Gasteiger partial charge in [-0.2, -0.15) is 0 Å². The molecule has 2 saturated heterocycles. The highest BCUT2D eigenvalue weighted by molar-refractivity contribution is 6.01. The number of imide groups is 1. The van der Waals surface area contributed by atoms with Crippen molar-refractivity contribution in [2.24, 2.45) is 0 Å². The molecule has 7 nitrogen and oxygen atoms in total. The lowest BCUT2D eigenvalue weighted by molar-refractivity contribution is -0.121. The Hall–Kier alpha value is -2.12. The van der Waals surface area contributed by atoms with E-state index in [0.717, 1.165) is 38.9 Å². The number of likely N-dealkylation sites (N-methyl/N-ethyl adjacent to an activating group) is 1. The Labute approximate surface area is 154 Å². The number of methoxy groups -OCH3 is 1. The number of ether oxygens (including phenoxy) is 1. The van der Waals surface area contributed by atoms with Gasteiger partial charge >= 0.3 is 6.03 Å². The summed E-state index contributed by atoms with van der Waals surface area (Å²) >= 11 is 0. The zero-order chi connectivity index (χ0) is 18.5. The molecule has 0 aromatic heterocycles. The summed E-state index contributed by atoms with van der Waals surface area (Å²) in [5.74, 6) is 0.461. The molecule has 142 valence electrons. The largest absolute Gasteiger partial charge is 0.497 e. The van der Waals surface area contributed by atoms with Crippen molar-refractivity contribution in [3.8, 4) is 5.75 Å². The van der Waals surface area contributed by atoms with Crippen molar-refractivity contribution in [1.82, 2.24) is 15.1 Å². The highest BCUT2D eigenvalue weighted by atomic mass is 16.5. The Kier molecular flexibility index (Phi) is 6.11. The van der Waals surface area contributed by atoms with Crippen molar-refractivity contribution in [1.29, 1.82) is 0 Å². The quantitative estimate of drug-likeness (QED) is 0.839. The molecule has 1 aromatic carbocycles. The first-order chi connectivity index (χ1) is 12.6. The molecule has 2 unspecified atom stereocenters. The van der Waals surface area contributed by atoms with Crippen molar-refractivity contribution >= 4 is 17.6 Å². The van der Waals surface area contributed by atoms with Crippen LogP contribution < -0.4 is 15.4 Å². The minimum Gasteiger partial charge on any atom is -0.497 e. The molecule has 7 heteroatoms. The van der Waals surface area contributed by atoms with E-state index in [-0.39, 0.29) is 12.5 Å². The molecule has 0 aliphatic carbocycles. The minimum absolute atomic E-state index is 0.252. The van der Waals surface area contributed by atoms with Crippen molar-refractivity contribution in [2.45, 2.75) is 38.3 Å². The molecule has 0 radical (unpaired) electrons. The van der Waals surface area contributed by atoms with Crippen LogP contribution in [0.2, 0.25) is 0 Å². The Morgan fingerprint density at radius 3 is 2.58 bits per heavy atom. The molecular weight excluding hydrogens is 332 g/mol. The first kappa shape index (κ1) is 18.7. The van der Waals surface area contributed by atoms with Gasteiger partial charge in [-0.15, -0.1) is 0 Å². The topological polar surface area (TPSA) is 73.9 Å². The van der Waals surface area contributed by atoms with Crippen molar-refractivity contribution in [2.75, 3.05) is 38.6 Å². The van der Waals surface area contributed by atoms with Crippen molar-refractivity contribution in [3.63, 3.8) is 0 Å². The average Bonchev–Trinajstić information content (AvgIpc) is 2.89. The van der Waals surface area contributed by atoms with Gasteiger partial charge in [-0.3, -0.25) is 15.0 Å². The number of hydrogen-bond acceptors (Lipinski definition) is 5. The minimum atomic E-state index is -0.502. The summed E-state index contributed by atoms with van der Waals surface area (Å²) in [4.78, 5) is 29.1. The first-order valence-corrected chi connectivity index (χ1v) is 9.32. The Bertz CT molecular complexity index is 634. The first-order valence-electron chi connectivity index (χ1n) is 9.32. The highest BCUT2D eigenvalue weighted by Gasteiger charge is 2.37. The van der Waals surface area contributed by atoms with Crippen LogP contribution in [0.4, 0.5) is 10.5 Å². The van der Waals surface area contributed by atoms with Crippen LogP contribution in [-0.2, 0) is 4.79 Å². The summed E-state index contributed by atoms with van der Waals surface area (Å²) < 4.78 is 5.08. The van der Waals surface area contributed by atoms with Crippen molar-refractivity contribution < 1.29 is 14.3 Å². The van der Waals surface area contributed by atoms with Crippen LogP contribution in [0.25, 0.3) is 0 Å². The van der Waals surface area contributed by atoms with Crippen LogP contribution in [0.1, 0.15) is 26.2 Å². The van der Waals surface area contributed by atoms with Gasteiger partial charge in [0.1, 0.15) is 5.75 Å². The number of carbonyl (C=O) groups excluding carboxylic acids is 2. The molecule has 1 aromatic rings. The van der Waals surface area contributed by atoms with Gasteiger partial charge in [-0.05, 0) is 56.6 Å². The lowest BCUT2D eigenvalue weighted by Crippen LogP contribution is -2.47. The maximum atomic E-state index is 12.3. The van der Waals surface area contributed by atoms with E-state index in [2.05, 4.69) is 27.4 Å². The second-order valence-corrected chi connectivity index (χ2v) is 6.97. The van der Waals surface area contributed by atoms with E-state index in [0.29, 0.717) is 23.5 Å². The molecular formula is C19H28N4O3. The number of likely N-dealkylation sites (tertiary alicyclic amines) is 1. The lowest BCUT2D eigenvalue weighted by Gasteiger charge is -2.27. The summed E-state index contributed by atoms with van der Waals surface area (Å²) in [5, 5.41) is 5.12.